The van der Waals surface area contributed by atoms with Gasteiger partial charge in [-0.05, 0) is 0 Å². The van der Waals surface area contributed by atoms with Crippen molar-refractivity contribution in [1.29, 1.82) is 0 Å². The van der Waals surface area contributed by atoms with Gasteiger partial charge in [-0.3, -0.25) is 0 Å². The summed E-state index contributed by atoms with van der Waals surface area (Å²) in [6.07, 6.45) is 0. The van der Waals surface area contributed by atoms with Crippen molar-refractivity contribution in [3.8, 4) is 0 Å². The molecule has 1 saturated heterocycles. The van der Waals surface area contributed by atoms with E-state index in [-0.39, 0.29) is 0 Å². The van der Waals surface area contributed by atoms with Crippen molar-refractivity contribution < 1.29 is 0 Å². The second-order valence-corrected chi connectivity index (χ2v) is 37.5. The van der Waals surface area contributed by atoms with Gasteiger partial charge in [-0.25, -0.2) is 0 Å². The van der Waals surface area contributed by atoms with Crippen molar-refractivity contribution in [2.75, 3.05) is 0 Å². The Morgan fingerprint density at radius 3 is 0.875 bits per heavy atom. The van der Waals surface area contributed by atoms with Gasteiger partial charge in [-0.15, -0.1) is 0 Å². The van der Waals surface area contributed by atoms with E-state index >= 15 is 0 Å². The van der Waals surface area contributed by atoms with Crippen molar-refractivity contribution in [3.05, 3.63) is 0 Å². The molecule has 4 heteroatoms. The summed E-state index contributed by atoms with van der Waals surface area (Å²) in [5, 5.41) is 0. The summed E-state index contributed by atoms with van der Waals surface area (Å²) in [5.41, 5.74) is 0.780. The molecule has 1 aliphatic heterocycles. The Morgan fingerprint density at radius 2 is 0.750 bits per heavy atom. The van der Waals surface area contributed by atoms with Crippen LogP contribution in [-0.2, 0) is 0 Å². The van der Waals surface area contributed by atoms with Crippen molar-refractivity contribution >= 4 is 37.8 Å². The van der Waals surface area contributed by atoms with Gasteiger partial charge in [0.15, 0.2) is 0 Å². The van der Waals surface area contributed by atoms with E-state index in [0.717, 1.165) is 0 Å². The molecule has 0 unspecified atom stereocenters. The molecule has 16 heavy (non-hydrogen) atoms. The summed E-state index contributed by atoms with van der Waals surface area (Å²) in [7, 11) is 0. The molecule has 0 spiro atoms. The van der Waals surface area contributed by atoms with Crippen LogP contribution < -0.4 is 0 Å². The molecule has 1 rings (SSSR count). The van der Waals surface area contributed by atoms with Gasteiger partial charge in [-0.2, -0.15) is 0 Å². The van der Waals surface area contributed by atoms with Gasteiger partial charge < -0.3 is 0 Å². The van der Waals surface area contributed by atoms with Crippen LogP contribution >= 0.6 is 0 Å². The van der Waals surface area contributed by atoms with Crippen LogP contribution in [0.25, 0.3) is 0 Å². The molecule has 0 aromatic carbocycles. The fourth-order valence-electron chi connectivity index (χ4n) is 4.78. The maximum absolute atomic E-state index is 3.03. The molecule has 0 atom stereocenters. The van der Waals surface area contributed by atoms with Gasteiger partial charge in [0.25, 0.3) is 0 Å². The zero-order chi connectivity index (χ0) is 13.2. The number of hydrogen-bond donors (Lipinski definition) is 0. The van der Waals surface area contributed by atoms with Crippen molar-refractivity contribution in [3.63, 3.8) is 0 Å². The first-order valence-corrected chi connectivity index (χ1v) is 22.9. The van der Waals surface area contributed by atoms with E-state index in [2.05, 4.69) is 64.0 Å². The Balaban J connectivity index is 3.15. The fraction of sp³-hybridized carbons (Fsp3) is 1.00. The molecule has 0 aliphatic carbocycles. The standard InChI is InChI=1S/2C4H9N.4CH3.2Sn/c2*1-4(2,3)5;;;;;;/h2*1-3H3;4*1H3;;. The van der Waals surface area contributed by atoms with Gasteiger partial charge in [0.1, 0.15) is 0 Å². The molecule has 0 saturated carbocycles. The Labute approximate surface area is 112 Å². The average molecular weight is 440 g/mol. The van der Waals surface area contributed by atoms with Crippen molar-refractivity contribution in [1.82, 2.24) is 2.69 Å². The Bertz CT molecular complexity index is 242. The van der Waals surface area contributed by atoms with Crippen LogP contribution in [0.4, 0.5) is 0 Å². The van der Waals surface area contributed by atoms with Crippen LogP contribution in [0.3, 0.4) is 0 Å². The summed E-state index contributed by atoms with van der Waals surface area (Å²) < 4.78 is 6.06. The molecular formula is C12H30N2Sn2. The molecule has 96 valence electrons. The van der Waals surface area contributed by atoms with Crippen molar-refractivity contribution in [2.45, 2.75) is 72.4 Å². The summed E-state index contributed by atoms with van der Waals surface area (Å²) in [6.45, 7) is 14.4. The molecule has 1 fully saturated rings. The predicted molar refractivity (Wildman–Crippen MR) is 78.1 cm³/mol. The van der Waals surface area contributed by atoms with E-state index in [1.54, 1.807) is 0 Å². The Morgan fingerprint density at radius 1 is 0.562 bits per heavy atom. The fourth-order valence-corrected chi connectivity index (χ4v) is 87.4. The normalized spacial score (nSPS) is 26.6. The molecule has 0 bridgehead atoms. The van der Waals surface area contributed by atoms with E-state index in [9.17, 15) is 0 Å². The van der Waals surface area contributed by atoms with Crippen LogP contribution in [-0.4, -0.2) is 51.6 Å². The molecule has 0 N–H and O–H groups in total. The second kappa shape index (κ2) is 4.00. The zero-order valence-electron chi connectivity index (χ0n) is 12.9. The Kier molecular flexibility index (Phi) is 3.90. The van der Waals surface area contributed by atoms with E-state index in [4.69, 9.17) is 0 Å². The van der Waals surface area contributed by atoms with Crippen molar-refractivity contribution in [2.24, 2.45) is 0 Å². The molecule has 2 nitrogen and oxygen atoms in total. The third-order valence-electron chi connectivity index (χ3n) is 3.53. The van der Waals surface area contributed by atoms with Gasteiger partial charge in [0.05, 0.1) is 0 Å². The molecule has 0 radical (unpaired) electrons. The van der Waals surface area contributed by atoms with E-state index in [1.165, 1.54) is 0 Å². The first-order chi connectivity index (χ1) is 6.73. The van der Waals surface area contributed by atoms with E-state index in [1.807, 2.05) is 0 Å². The quantitative estimate of drug-likeness (QED) is 0.532. The molecule has 0 aromatic heterocycles. The second-order valence-electron chi connectivity index (χ2n) is 8.00. The SMILES string of the molecule is CC(C)(C)[N]1[Sn]([CH3])([CH3])[N](C(C)(C)C)[Sn]1([CH3])[CH3]. The van der Waals surface area contributed by atoms with Crippen LogP contribution in [0, 0.1) is 0 Å². The topological polar surface area (TPSA) is 6.48 Å². The molecule has 1 aliphatic rings. The minimum atomic E-state index is -2.16. The van der Waals surface area contributed by atoms with Gasteiger partial charge in [0.2, 0.25) is 0 Å². The number of nitrogens with zero attached hydrogens (tertiary/aromatic N) is 2. The van der Waals surface area contributed by atoms with Crippen LogP contribution in [0.2, 0.25) is 19.8 Å². The summed E-state index contributed by atoms with van der Waals surface area (Å²) in [5.74, 6) is 0. The van der Waals surface area contributed by atoms with Gasteiger partial charge in [0, 0.05) is 0 Å². The maximum atomic E-state index is 3.03. The van der Waals surface area contributed by atoms with E-state index in [0.29, 0.717) is 11.1 Å². The van der Waals surface area contributed by atoms with Gasteiger partial charge in [-0.1, -0.05) is 0 Å². The molecule has 0 aromatic rings. The third-order valence-corrected chi connectivity index (χ3v) is 65.6. The van der Waals surface area contributed by atoms with Crippen LogP contribution in [0.1, 0.15) is 41.5 Å². The third kappa shape index (κ3) is 2.32. The molecular weight excluding hydrogens is 410 g/mol. The van der Waals surface area contributed by atoms with Crippen LogP contribution in [0.15, 0.2) is 0 Å². The predicted octanol–water partition coefficient (Wildman–Crippen LogP) is 3.60. The number of rotatable bonds is 0. The summed E-state index contributed by atoms with van der Waals surface area (Å²) in [4.78, 5) is 10.4. The zero-order valence-corrected chi connectivity index (χ0v) is 18.6. The monoisotopic (exact) mass is 442 g/mol. The number of hydrogen-bond acceptors (Lipinski definition) is 2. The van der Waals surface area contributed by atoms with Crippen LogP contribution in [0.5, 0.6) is 0 Å². The molecule has 1 heterocycles. The summed E-state index contributed by atoms with van der Waals surface area (Å²) >= 11 is -4.32. The Hall–Kier alpha value is 1.52. The molecule has 0 amide bonds. The first-order valence-electron chi connectivity index (χ1n) is 6.34. The van der Waals surface area contributed by atoms with E-state index < -0.39 is 37.8 Å². The first kappa shape index (κ1) is 15.6. The summed E-state index contributed by atoms with van der Waals surface area (Å²) in [6, 6.07) is 0. The average Bonchev–Trinajstić information content (AvgIpc) is 1.69. The van der Waals surface area contributed by atoms with Gasteiger partial charge >= 0.3 is 113 Å². The minimum absolute atomic E-state index is 0.390.